The molecule has 2 aliphatic carbocycles. The van der Waals surface area contributed by atoms with E-state index in [1.54, 1.807) is 6.92 Å². The molecule has 0 aromatic heterocycles. The van der Waals surface area contributed by atoms with Crippen LogP contribution in [0.2, 0.25) is 0 Å². The molecule has 4 N–H and O–H groups in total. The Kier molecular flexibility index (Phi) is 4.77. The van der Waals surface area contributed by atoms with Gasteiger partial charge in [-0.1, -0.05) is 6.92 Å². The van der Waals surface area contributed by atoms with Gasteiger partial charge in [-0.2, -0.15) is 0 Å². The molecule has 13 nitrogen and oxygen atoms in total. The number of ether oxygens (including phenoxy) is 5. The molecule has 230 valence electrons. The maximum Gasteiger partial charge on any atom is 0.311 e. The highest BCUT2D eigenvalue weighted by molar-refractivity contribution is 6.03. The zero-order chi connectivity index (χ0) is 30.3. The van der Waals surface area contributed by atoms with Gasteiger partial charge in [0.25, 0.3) is 0 Å². The first-order valence-corrected chi connectivity index (χ1v) is 14.8. The second-order valence-corrected chi connectivity index (χ2v) is 14.7. The summed E-state index contributed by atoms with van der Waals surface area (Å²) in [4.78, 5) is 54.5. The summed E-state index contributed by atoms with van der Waals surface area (Å²) in [6, 6.07) is 0. The van der Waals surface area contributed by atoms with Crippen LogP contribution in [0.5, 0.6) is 0 Å². The number of rotatable bonds is 1. The first-order chi connectivity index (χ1) is 19.4. The van der Waals surface area contributed by atoms with Crippen LogP contribution in [0.4, 0.5) is 0 Å². The molecule has 6 aliphatic heterocycles. The lowest BCUT2D eigenvalue weighted by Gasteiger charge is -2.54. The Balaban J connectivity index is 1.35. The van der Waals surface area contributed by atoms with Crippen LogP contribution in [0.15, 0.2) is 0 Å². The second-order valence-electron chi connectivity index (χ2n) is 14.7. The highest BCUT2D eigenvalue weighted by Gasteiger charge is 2.92. The lowest BCUT2D eigenvalue weighted by Crippen LogP contribution is -2.75. The van der Waals surface area contributed by atoms with E-state index in [1.807, 2.05) is 0 Å². The SMILES string of the molecule is CC1C(=O)OC2C1OC13OC4(CCC5(C)C(=O)C(C)(O)C2(O)C51)CC12OC(=O)CC1OC(C)(CO)C2CCC4(O)C3=O. The van der Waals surface area contributed by atoms with Gasteiger partial charge in [0, 0.05) is 17.8 Å². The topological polar surface area (TPSA) is 195 Å². The number of hydrogen-bond acceptors (Lipinski definition) is 13. The highest BCUT2D eigenvalue weighted by atomic mass is 16.8. The fraction of sp³-hybridized carbons (Fsp3) is 0.862. The summed E-state index contributed by atoms with van der Waals surface area (Å²) < 4.78 is 31.0. The molecule has 8 aliphatic rings. The molecule has 3 spiro atoms. The fourth-order valence-electron chi connectivity index (χ4n) is 10.8. The standard InChI is InChI=1S/C29H36O13/c1-12-16-17(38-18(12)32)28(37)19-22(2,20(33)24(28,4)35)7-8-25-10-26-13(23(3,11-30)39-14(26)9-15(31)40-26)5-6-27(25,36)21(34)29(19,41-16)42-25/h12-14,16-17,19,30,35-37H,5-11H2,1-4H3. The van der Waals surface area contributed by atoms with Gasteiger partial charge in [0.1, 0.15) is 29.0 Å². The lowest BCUT2D eigenvalue weighted by atomic mass is 9.58. The fourth-order valence-corrected chi connectivity index (χ4v) is 10.8. The van der Waals surface area contributed by atoms with Crippen molar-refractivity contribution in [1.82, 2.24) is 0 Å². The van der Waals surface area contributed by atoms with E-state index in [2.05, 4.69) is 0 Å². The first kappa shape index (κ1) is 27.5. The van der Waals surface area contributed by atoms with Gasteiger partial charge in [0.2, 0.25) is 11.6 Å². The molecule has 6 heterocycles. The smallest absolute Gasteiger partial charge is 0.311 e. The summed E-state index contributed by atoms with van der Waals surface area (Å²) in [5.74, 6) is -8.46. The number of carbonyl (C=O) groups is 4. The molecule has 14 unspecified atom stereocenters. The van der Waals surface area contributed by atoms with Crippen molar-refractivity contribution < 1.29 is 63.3 Å². The van der Waals surface area contributed by atoms with Crippen molar-refractivity contribution in [3.8, 4) is 0 Å². The Bertz CT molecular complexity index is 1380. The zero-order valence-corrected chi connectivity index (χ0v) is 23.9. The van der Waals surface area contributed by atoms with E-state index in [9.17, 15) is 39.6 Å². The lowest BCUT2D eigenvalue weighted by molar-refractivity contribution is -0.371. The van der Waals surface area contributed by atoms with Crippen LogP contribution >= 0.6 is 0 Å². The van der Waals surface area contributed by atoms with E-state index in [4.69, 9.17) is 23.7 Å². The molecular formula is C29H36O13. The molecule has 0 radical (unpaired) electrons. The number of esters is 2. The summed E-state index contributed by atoms with van der Waals surface area (Å²) in [6.07, 6.45) is -3.96. The largest absolute Gasteiger partial charge is 0.456 e. The van der Waals surface area contributed by atoms with Crippen molar-refractivity contribution in [2.45, 2.75) is 124 Å². The van der Waals surface area contributed by atoms with Gasteiger partial charge < -0.3 is 44.1 Å². The van der Waals surface area contributed by atoms with Gasteiger partial charge in [-0.15, -0.1) is 0 Å². The maximum atomic E-state index is 14.9. The molecule has 0 amide bonds. The molecule has 42 heavy (non-hydrogen) atoms. The molecule has 2 bridgehead atoms. The number of aliphatic hydroxyl groups excluding tert-OH is 1. The summed E-state index contributed by atoms with van der Waals surface area (Å²) in [7, 11) is 0. The number of hydrogen-bond donors (Lipinski definition) is 4. The summed E-state index contributed by atoms with van der Waals surface area (Å²) in [5.41, 5.74) is -13.0. The third kappa shape index (κ3) is 2.47. The van der Waals surface area contributed by atoms with E-state index < -0.39 is 104 Å². The van der Waals surface area contributed by atoms with Gasteiger partial charge in [-0.05, 0) is 46.5 Å². The van der Waals surface area contributed by atoms with Gasteiger partial charge in [-0.25, -0.2) is 0 Å². The average Bonchev–Trinajstić information content (AvgIpc) is 3.48. The summed E-state index contributed by atoms with van der Waals surface area (Å²) >= 11 is 0. The third-order valence-corrected chi connectivity index (χ3v) is 12.8. The molecule has 0 aromatic rings. The van der Waals surface area contributed by atoms with Crippen molar-refractivity contribution in [2.24, 2.45) is 23.2 Å². The van der Waals surface area contributed by atoms with Crippen molar-refractivity contribution in [2.75, 3.05) is 6.61 Å². The maximum absolute atomic E-state index is 14.9. The molecule has 0 aromatic carbocycles. The molecule has 13 heteroatoms. The Morgan fingerprint density at radius 3 is 2.36 bits per heavy atom. The minimum Gasteiger partial charge on any atom is -0.456 e. The molecule has 14 atom stereocenters. The second kappa shape index (κ2) is 7.27. The van der Waals surface area contributed by atoms with Crippen LogP contribution in [-0.2, 0) is 42.9 Å². The Hall–Kier alpha value is -2.00. The van der Waals surface area contributed by atoms with Crippen LogP contribution in [-0.4, -0.2) is 108 Å². The van der Waals surface area contributed by atoms with Crippen LogP contribution < -0.4 is 0 Å². The van der Waals surface area contributed by atoms with Crippen LogP contribution in [0.3, 0.4) is 0 Å². The van der Waals surface area contributed by atoms with Gasteiger partial charge in [0.15, 0.2) is 23.1 Å². The summed E-state index contributed by atoms with van der Waals surface area (Å²) in [6.45, 7) is 5.51. The van der Waals surface area contributed by atoms with Crippen molar-refractivity contribution in [1.29, 1.82) is 0 Å². The minimum absolute atomic E-state index is 0.0337. The normalized spacial score (nSPS) is 62.4. The number of Topliss-reactive ketones (excluding diaryl/α,β-unsaturated/α-hetero) is 2. The van der Waals surface area contributed by atoms with E-state index in [0.717, 1.165) is 6.92 Å². The third-order valence-electron chi connectivity index (χ3n) is 12.8. The average molecular weight is 593 g/mol. The predicted octanol–water partition coefficient (Wildman–Crippen LogP) is -1.17. The minimum atomic E-state index is -2.49. The number of fused-ring (bicyclic) bond motifs is 2. The van der Waals surface area contributed by atoms with E-state index >= 15 is 0 Å². The number of ketones is 2. The van der Waals surface area contributed by atoms with Crippen molar-refractivity contribution in [3.63, 3.8) is 0 Å². The van der Waals surface area contributed by atoms with Crippen molar-refractivity contribution >= 4 is 23.5 Å². The van der Waals surface area contributed by atoms with E-state index in [1.165, 1.54) is 13.8 Å². The zero-order valence-electron chi connectivity index (χ0n) is 23.9. The predicted molar refractivity (Wildman–Crippen MR) is 133 cm³/mol. The summed E-state index contributed by atoms with van der Waals surface area (Å²) in [5, 5.41) is 47.1. The monoisotopic (exact) mass is 592 g/mol. The van der Waals surface area contributed by atoms with Gasteiger partial charge in [-0.3, -0.25) is 19.2 Å². The first-order valence-electron chi connectivity index (χ1n) is 14.8. The van der Waals surface area contributed by atoms with Crippen molar-refractivity contribution in [3.05, 3.63) is 0 Å². The molecule has 8 fully saturated rings. The van der Waals surface area contributed by atoms with Gasteiger partial charge >= 0.3 is 11.9 Å². The van der Waals surface area contributed by atoms with E-state index in [0.29, 0.717) is 0 Å². The molecule has 8 rings (SSSR count). The van der Waals surface area contributed by atoms with E-state index in [-0.39, 0.29) is 45.1 Å². The number of aliphatic hydroxyl groups is 4. The van der Waals surface area contributed by atoms with Gasteiger partial charge in [0.05, 0.1) is 30.5 Å². The Labute approximate surface area is 240 Å². The number of carbonyl (C=O) groups excluding carboxylic acids is 4. The van der Waals surface area contributed by atoms with Crippen LogP contribution in [0.1, 0.15) is 66.2 Å². The van der Waals surface area contributed by atoms with Crippen LogP contribution in [0.25, 0.3) is 0 Å². The Morgan fingerprint density at radius 2 is 1.67 bits per heavy atom. The van der Waals surface area contributed by atoms with Crippen LogP contribution in [0, 0.1) is 23.2 Å². The highest BCUT2D eigenvalue weighted by Crippen LogP contribution is 2.73. The Morgan fingerprint density at radius 1 is 0.952 bits per heavy atom. The molecule has 2 saturated carbocycles. The molecular weight excluding hydrogens is 556 g/mol. The quantitative estimate of drug-likeness (QED) is 0.266. The molecule has 6 saturated heterocycles.